The highest BCUT2D eigenvalue weighted by atomic mass is 19.4. The molecule has 0 saturated carbocycles. The lowest BCUT2D eigenvalue weighted by Crippen LogP contribution is -2.29. The van der Waals surface area contributed by atoms with Crippen molar-refractivity contribution in [1.82, 2.24) is 0 Å². The summed E-state index contributed by atoms with van der Waals surface area (Å²) in [5, 5.41) is 2.34. The summed E-state index contributed by atoms with van der Waals surface area (Å²) in [5.41, 5.74) is -1.31. The number of nitrogens with one attached hydrogen (secondary N) is 1. The number of anilines is 2. The topological polar surface area (TPSA) is 49.4 Å². The second-order valence-corrected chi connectivity index (χ2v) is 6.04. The molecular weight excluding hydrogens is 371 g/mol. The molecule has 2 aromatic carbocycles. The maximum atomic E-state index is 13.2. The second kappa shape index (κ2) is 6.98. The third kappa shape index (κ3) is 3.91. The number of alkyl halides is 3. The number of para-hydroxylation sites is 1. The number of carbonyl (C=O) groups is 2. The first kappa shape index (κ1) is 18.8. The van der Waals surface area contributed by atoms with E-state index in [0.717, 1.165) is 35.2 Å². The molecule has 1 fully saturated rings. The Labute approximate surface area is 150 Å². The Morgan fingerprint density at radius 3 is 2.44 bits per heavy atom. The number of hydrogen-bond donors (Lipinski definition) is 1. The minimum atomic E-state index is -4.65. The Morgan fingerprint density at radius 2 is 1.78 bits per heavy atom. The van der Waals surface area contributed by atoms with E-state index in [9.17, 15) is 31.5 Å². The number of halogens is 5. The van der Waals surface area contributed by atoms with Crippen LogP contribution in [0.5, 0.6) is 0 Å². The van der Waals surface area contributed by atoms with Crippen molar-refractivity contribution in [2.75, 3.05) is 16.8 Å². The van der Waals surface area contributed by atoms with E-state index in [1.165, 1.54) is 12.1 Å². The molecule has 9 heteroatoms. The van der Waals surface area contributed by atoms with E-state index in [1.807, 2.05) is 0 Å². The van der Waals surface area contributed by atoms with Gasteiger partial charge in [-0.2, -0.15) is 13.2 Å². The molecule has 0 aliphatic carbocycles. The van der Waals surface area contributed by atoms with Crippen LogP contribution in [0.15, 0.2) is 42.5 Å². The zero-order valence-electron chi connectivity index (χ0n) is 13.7. The zero-order chi connectivity index (χ0) is 19.8. The monoisotopic (exact) mass is 384 g/mol. The van der Waals surface area contributed by atoms with Crippen molar-refractivity contribution < 1.29 is 31.5 Å². The molecule has 1 heterocycles. The van der Waals surface area contributed by atoms with Gasteiger partial charge in [-0.1, -0.05) is 12.1 Å². The maximum Gasteiger partial charge on any atom is 0.418 e. The number of amides is 2. The largest absolute Gasteiger partial charge is 0.418 e. The van der Waals surface area contributed by atoms with Crippen LogP contribution in [0.4, 0.5) is 33.3 Å². The zero-order valence-corrected chi connectivity index (χ0v) is 13.7. The average molecular weight is 384 g/mol. The molecule has 1 unspecified atom stereocenters. The Balaban J connectivity index is 1.78. The highest BCUT2D eigenvalue weighted by Crippen LogP contribution is 2.38. The predicted molar refractivity (Wildman–Crippen MR) is 86.9 cm³/mol. The molecule has 1 N–H and O–H groups in total. The number of hydrogen-bond acceptors (Lipinski definition) is 2. The molecule has 1 atom stereocenters. The minimum Gasteiger partial charge on any atom is -0.326 e. The van der Waals surface area contributed by atoms with Crippen molar-refractivity contribution in [1.29, 1.82) is 0 Å². The van der Waals surface area contributed by atoms with E-state index in [1.54, 1.807) is 0 Å². The SMILES string of the molecule is O=C(Nc1ccc(F)c(F)c1)C1CC(=O)N(c2ccccc2C(F)(F)F)C1. The van der Waals surface area contributed by atoms with Crippen LogP contribution in [-0.2, 0) is 15.8 Å². The molecule has 4 nitrogen and oxygen atoms in total. The fourth-order valence-electron chi connectivity index (χ4n) is 2.88. The lowest BCUT2D eigenvalue weighted by molar-refractivity contribution is -0.137. The average Bonchev–Trinajstić information content (AvgIpc) is 2.99. The van der Waals surface area contributed by atoms with Crippen LogP contribution in [0.25, 0.3) is 0 Å². The number of benzene rings is 2. The number of nitrogens with zero attached hydrogens (tertiary/aromatic N) is 1. The molecule has 0 aromatic heterocycles. The summed E-state index contributed by atoms with van der Waals surface area (Å²) in [5.74, 6) is -4.46. The smallest absolute Gasteiger partial charge is 0.326 e. The fraction of sp³-hybridized carbons (Fsp3) is 0.222. The van der Waals surface area contributed by atoms with Gasteiger partial charge < -0.3 is 10.2 Å². The first-order valence-electron chi connectivity index (χ1n) is 7.89. The van der Waals surface area contributed by atoms with Crippen LogP contribution >= 0.6 is 0 Å². The van der Waals surface area contributed by atoms with Crippen molar-refractivity contribution >= 4 is 23.2 Å². The fourth-order valence-corrected chi connectivity index (χ4v) is 2.88. The van der Waals surface area contributed by atoms with Crippen molar-refractivity contribution in [2.45, 2.75) is 12.6 Å². The van der Waals surface area contributed by atoms with Crippen LogP contribution in [-0.4, -0.2) is 18.4 Å². The first-order chi connectivity index (χ1) is 12.7. The third-order valence-corrected chi connectivity index (χ3v) is 4.18. The van der Waals surface area contributed by atoms with Gasteiger partial charge in [0.2, 0.25) is 11.8 Å². The van der Waals surface area contributed by atoms with Crippen LogP contribution in [0.3, 0.4) is 0 Å². The molecule has 0 spiro atoms. The molecule has 142 valence electrons. The van der Waals surface area contributed by atoms with Gasteiger partial charge in [0.15, 0.2) is 11.6 Å². The number of rotatable bonds is 3. The Hall–Kier alpha value is -2.97. The van der Waals surface area contributed by atoms with Crippen molar-refractivity contribution in [2.24, 2.45) is 5.92 Å². The first-order valence-corrected chi connectivity index (χ1v) is 7.89. The van der Waals surface area contributed by atoms with Gasteiger partial charge in [0.25, 0.3) is 0 Å². The third-order valence-electron chi connectivity index (χ3n) is 4.18. The van der Waals surface area contributed by atoms with Gasteiger partial charge in [0, 0.05) is 24.7 Å². The van der Waals surface area contributed by atoms with E-state index in [2.05, 4.69) is 5.32 Å². The molecule has 27 heavy (non-hydrogen) atoms. The van der Waals surface area contributed by atoms with Gasteiger partial charge in [-0.3, -0.25) is 9.59 Å². The lowest BCUT2D eigenvalue weighted by atomic mass is 10.1. The summed E-state index contributed by atoms with van der Waals surface area (Å²) >= 11 is 0. The van der Waals surface area contributed by atoms with Crippen molar-refractivity contribution in [3.63, 3.8) is 0 Å². The Morgan fingerprint density at radius 1 is 1.07 bits per heavy atom. The van der Waals surface area contributed by atoms with Gasteiger partial charge in [0.05, 0.1) is 17.2 Å². The number of carbonyl (C=O) groups excluding carboxylic acids is 2. The van der Waals surface area contributed by atoms with E-state index >= 15 is 0 Å². The summed E-state index contributed by atoms with van der Waals surface area (Å²) in [6, 6.07) is 7.35. The molecular formula is C18H13F5N2O2. The standard InChI is InChI=1S/C18H13F5N2O2/c19-13-6-5-11(8-14(13)20)24-17(27)10-7-16(26)25(9-10)15-4-2-1-3-12(15)18(21,22)23/h1-6,8,10H,7,9H2,(H,24,27). The molecule has 2 aromatic rings. The van der Waals surface area contributed by atoms with E-state index in [0.29, 0.717) is 0 Å². The normalized spacial score (nSPS) is 17.3. The van der Waals surface area contributed by atoms with Gasteiger partial charge in [0.1, 0.15) is 0 Å². The van der Waals surface area contributed by atoms with Crippen LogP contribution < -0.4 is 10.2 Å². The van der Waals surface area contributed by atoms with E-state index in [-0.39, 0.29) is 24.3 Å². The Kier molecular flexibility index (Phi) is 4.86. The summed E-state index contributed by atoms with van der Waals surface area (Å²) in [6.45, 7) is -0.249. The highest BCUT2D eigenvalue weighted by Gasteiger charge is 2.40. The van der Waals surface area contributed by atoms with E-state index in [4.69, 9.17) is 0 Å². The van der Waals surface area contributed by atoms with Crippen LogP contribution in [0.1, 0.15) is 12.0 Å². The molecule has 1 aliphatic heterocycles. The maximum absolute atomic E-state index is 13.2. The molecule has 3 rings (SSSR count). The molecule has 0 bridgehead atoms. The van der Waals surface area contributed by atoms with Gasteiger partial charge in [-0.15, -0.1) is 0 Å². The van der Waals surface area contributed by atoms with Gasteiger partial charge in [-0.25, -0.2) is 8.78 Å². The molecule has 1 saturated heterocycles. The molecule has 0 radical (unpaired) electrons. The summed E-state index contributed by atoms with van der Waals surface area (Å²) in [4.78, 5) is 25.4. The van der Waals surface area contributed by atoms with Crippen molar-refractivity contribution in [3.05, 3.63) is 59.7 Å². The highest BCUT2D eigenvalue weighted by molar-refractivity contribution is 6.03. The van der Waals surface area contributed by atoms with Crippen LogP contribution in [0.2, 0.25) is 0 Å². The minimum absolute atomic E-state index is 0.0134. The van der Waals surface area contributed by atoms with E-state index < -0.39 is 41.1 Å². The van der Waals surface area contributed by atoms with Gasteiger partial charge >= 0.3 is 6.18 Å². The predicted octanol–water partition coefficient (Wildman–Crippen LogP) is 3.98. The summed E-state index contributed by atoms with van der Waals surface area (Å²) < 4.78 is 65.6. The second-order valence-electron chi connectivity index (χ2n) is 6.04. The summed E-state index contributed by atoms with van der Waals surface area (Å²) in [6.07, 6.45) is -4.94. The van der Waals surface area contributed by atoms with Gasteiger partial charge in [-0.05, 0) is 24.3 Å². The summed E-state index contributed by atoms with van der Waals surface area (Å²) in [7, 11) is 0. The lowest BCUT2D eigenvalue weighted by Gasteiger charge is -2.21. The molecule has 1 aliphatic rings. The van der Waals surface area contributed by atoms with Crippen LogP contribution in [0, 0.1) is 17.6 Å². The Bertz CT molecular complexity index is 898. The van der Waals surface area contributed by atoms with Crippen molar-refractivity contribution in [3.8, 4) is 0 Å². The molecule has 2 amide bonds. The quantitative estimate of drug-likeness (QED) is 0.814.